The van der Waals surface area contributed by atoms with Gasteiger partial charge in [-0.15, -0.1) is 0 Å². The summed E-state index contributed by atoms with van der Waals surface area (Å²) in [5.41, 5.74) is 2.41. The predicted octanol–water partition coefficient (Wildman–Crippen LogP) is 6.27. The first-order valence-corrected chi connectivity index (χ1v) is 14.7. The van der Waals surface area contributed by atoms with Gasteiger partial charge in [0.15, 0.2) is 0 Å². The number of carbonyl (C=O) groups is 2. The third-order valence-corrected chi connectivity index (χ3v) is 9.58. The van der Waals surface area contributed by atoms with E-state index in [1.165, 1.54) is 0 Å². The van der Waals surface area contributed by atoms with Crippen LogP contribution in [0.5, 0.6) is 11.5 Å². The van der Waals surface area contributed by atoms with E-state index in [0.717, 1.165) is 50.0 Å². The van der Waals surface area contributed by atoms with E-state index in [1.54, 1.807) is 18.1 Å². The molecule has 4 aromatic rings. The van der Waals surface area contributed by atoms with Crippen molar-refractivity contribution in [3.05, 3.63) is 58.5 Å². The van der Waals surface area contributed by atoms with Crippen molar-refractivity contribution >= 4 is 69.7 Å². The van der Waals surface area contributed by atoms with Crippen molar-refractivity contribution in [1.82, 2.24) is 0 Å². The standard InChI is InChI=1S/C29H29ClN2O4Se/c1-3-4-5-6-27(34)31-19-7-10-25-17(11-19)12-26(37-25)29(35)32-16-18(15-30)28-22-13-20(36-2)8-9-21(22)24(33)14-23(28)32/h7-14,18,33H,3-6,15-16H2,1-2H3,(H,31,34)/t18-/m1/s1. The third kappa shape index (κ3) is 4.96. The summed E-state index contributed by atoms with van der Waals surface area (Å²) in [4.78, 5) is 27.8. The first kappa shape index (κ1) is 25.7. The molecule has 1 aliphatic heterocycles. The number of hydrogen-bond acceptors (Lipinski definition) is 4. The molecule has 0 fully saturated rings. The molecule has 192 valence electrons. The number of methoxy groups -OCH3 is 1. The number of phenols is 1. The molecule has 37 heavy (non-hydrogen) atoms. The molecule has 0 unspecified atom stereocenters. The summed E-state index contributed by atoms with van der Waals surface area (Å²) in [6, 6.07) is 15.0. The Hall–Kier alpha value is -2.99. The van der Waals surface area contributed by atoms with Crippen LogP contribution in [-0.2, 0) is 4.79 Å². The van der Waals surface area contributed by atoms with Gasteiger partial charge in [0.05, 0.1) is 0 Å². The second kappa shape index (κ2) is 10.8. The summed E-state index contributed by atoms with van der Waals surface area (Å²) >= 11 is 6.22. The average Bonchev–Trinajstić information content (AvgIpc) is 3.49. The number of hydrogen-bond donors (Lipinski definition) is 2. The number of amides is 2. The van der Waals surface area contributed by atoms with Crippen LogP contribution in [0, 0.1) is 0 Å². The number of nitrogens with zero attached hydrogens (tertiary/aromatic N) is 1. The zero-order valence-corrected chi connectivity index (χ0v) is 23.3. The van der Waals surface area contributed by atoms with Gasteiger partial charge in [0.1, 0.15) is 0 Å². The number of phenolic OH excluding ortho intramolecular Hbond substituents is 1. The minimum absolute atomic E-state index is 0.0154. The Kier molecular flexibility index (Phi) is 7.47. The van der Waals surface area contributed by atoms with Crippen molar-refractivity contribution in [3.63, 3.8) is 0 Å². The monoisotopic (exact) mass is 584 g/mol. The van der Waals surface area contributed by atoms with Gasteiger partial charge in [0, 0.05) is 0 Å². The van der Waals surface area contributed by atoms with Gasteiger partial charge in [-0.3, -0.25) is 0 Å². The van der Waals surface area contributed by atoms with E-state index in [0.29, 0.717) is 35.7 Å². The normalized spacial score (nSPS) is 14.8. The number of benzene rings is 3. The molecule has 1 atom stereocenters. The zero-order valence-electron chi connectivity index (χ0n) is 20.8. The molecular weight excluding hydrogens is 555 g/mol. The number of aromatic hydroxyl groups is 1. The minimum atomic E-state index is -0.155. The summed E-state index contributed by atoms with van der Waals surface area (Å²) in [6.45, 7) is 2.57. The number of rotatable bonds is 8. The summed E-state index contributed by atoms with van der Waals surface area (Å²) < 4.78 is 7.26. The number of halogens is 1. The second-order valence-corrected chi connectivity index (χ2v) is 12.0. The Bertz CT molecular complexity index is 1500. The van der Waals surface area contributed by atoms with Gasteiger partial charge in [-0.25, -0.2) is 0 Å². The summed E-state index contributed by atoms with van der Waals surface area (Å²) in [6.07, 6.45) is 3.51. The van der Waals surface area contributed by atoms with Crippen molar-refractivity contribution in [3.8, 4) is 11.5 Å². The van der Waals surface area contributed by atoms with Gasteiger partial charge in [-0.2, -0.15) is 0 Å². The van der Waals surface area contributed by atoms with Crippen molar-refractivity contribution in [1.29, 1.82) is 0 Å². The molecule has 0 saturated carbocycles. The van der Waals surface area contributed by atoms with E-state index < -0.39 is 0 Å². The first-order valence-electron chi connectivity index (χ1n) is 12.5. The van der Waals surface area contributed by atoms with Gasteiger partial charge >= 0.3 is 227 Å². The molecule has 2 N–H and O–H groups in total. The van der Waals surface area contributed by atoms with E-state index in [2.05, 4.69) is 12.2 Å². The van der Waals surface area contributed by atoms with Gasteiger partial charge in [0.2, 0.25) is 0 Å². The van der Waals surface area contributed by atoms with Crippen LogP contribution in [0.3, 0.4) is 0 Å². The maximum atomic E-state index is 13.8. The average molecular weight is 584 g/mol. The topological polar surface area (TPSA) is 78.9 Å². The van der Waals surface area contributed by atoms with E-state index in [4.69, 9.17) is 16.3 Å². The molecule has 5 rings (SSSR count). The van der Waals surface area contributed by atoms with E-state index in [9.17, 15) is 14.7 Å². The fourth-order valence-electron chi connectivity index (χ4n) is 5.02. The van der Waals surface area contributed by atoms with Crippen LogP contribution in [-0.4, -0.2) is 51.0 Å². The van der Waals surface area contributed by atoms with Crippen molar-refractivity contribution in [2.75, 3.05) is 29.8 Å². The van der Waals surface area contributed by atoms with Gasteiger partial charge < -0.3 is 0 Å². The number of anilines is 2. The Morgan fingerprint density at radius 3 is 2.73 bits per heavy atom. The van der Waals surface area contributed by atoms with Crippen molar-refractivity contribution in [2.45, 2.75) is 38.5 Å². The number of carbonyl (C=O) groups excluding carboxylic acids is 2. The Morgan fingerprint density at radius 1 is 1.14 bits per heavy atom. The molecule has 2 heterocycles. The maximum absolute atomic E-state index is 13.8. The number of ether oxygens (including phenoxy) is 1. The molecule has 0 radical (unpaired) electrons. The van der Waals surface area contributed by atoms with Crippen LogP contribution < -0.4 is 15.0 Å². The van der Waals surface area contributed by atoms with Crippen LogP contribution >= 0.6 is 11.6 Å². The fourth-order valence-corrected chi connectivity index (χ4v) is 7.35. The number of unbranched alkanes of at least 4 members (excludes halogenated alkanes) is 2. The molecule has 2 amide bonds. The van der Waals surface area contributed by atoms with Crippen LogP contribution in [0.25, 0.3) is 20.4 Å². The number of nitrogens with one attached hydrogen (secondary N) is 1. The second-order valence-electron chi connectivity index (χ2n) is 9.38. The zero-order chi connectivity index (χ0) is 26.1. The van der Waals surface area contributed by atoms with Gasteiger partial charge in [-0.05, 0) is 0 Å². The Labute approximate surface area is 226 Å². The fraction of sp³-hybridized carbons (Fsp3) is 0.310. The number of fused-ring (bicyclic) bond motifs is 4. The van der Waals surface area contributed by atoms with Crippen LogP contribution in [0.1, 0.15) is 53.3 Å². The van der Waals surface area contributed by atoms with Crippen molar-refractivity contribution < 1.29 is 19.4 Å². The first-order chi connectivity index (χ1) is 17.9. The summed E-state index contributed by atoms with van der Waals surface area (Å²) in [5, 5.41) is 16.3. The van der Waals surface area contributed by atoms with Gasteiger partial charge in [0.25, 0.3) is 0 Å². The molecule has 1 aliphatic rings. The Morgan fingerprint density at radius 2 is 1.97 bits per heavy atom. The van der Waals surface area contributed by atoms with E-state index in [1.807, 2.05) is 42.5 Å². The summed E-state index contributed by atoms with van der Waals surface area (Å²) in [5.74, 6) is 1.06. The van der Waals surface area contributed by atoms with E-state index in [-0.39, 0.29) is 38.0 Å². The van der Waals surface area contributed by atoms with Crippen molar-refractivity contribution in [2.24, 2.45) is 0 Å². The molecule has 0 spiro atoms. The molecule has 8 heteroatoms. The summed E-state index contributed by atoms with van der Waals surface area (Å²) in [7, 11) is 1.61. The number of alkyl halides is 1. The third-order valence-electron chi connectivity index (χ3n) is 6.89. The SMILES string of the molecule is CCCCCC(=O)Nc1ccc2[se]c(C(=O)N3C[C@@H](CCl)c4c3cc(O)c3ccc(OC)cc43)cc2c1. The van der Waals surface area contributed by atoms with Crippen LogP contribution in [0.4, 0.5) is 11.4 Å². The van der Waals surface area contributed by atoms with Gasteiger partial charge in [-0.1, -0.05) is 0 Å². The molecule has 0 bridgehead atoms. The molecular formula is C29H29ClN2O4Se. The molecule has 6 nitrogen and oxygen atoms in total. The molecule has 0 aliphatic carbocycles. The van der Waals surface area contributed by atoms with Crippen LogP contribution in [0.15, 0.2) is 48.5 Å². The predicted molar refractivity (Wildman–Crippen MR) is 151 cm³/mol. The molecule has 0 saturated heterocycles. The van der Waals surface area contributed by atoms with E-state index >= 15 is 0 Å². The molecule has 1 aromatic heterocycles. The Balaban J connectivity index is 1.45. The quantitative estimate of drug-likeness (QED) is 0.146. The molecule has 3 aromatic carbocycles. The van der Waals surface area contributed by atoms with Crippen LogP contribution in [0.2, 0.25) is 0 Å².